The molecule has 0 saturated carbocycles. The topological polar surface area (TPSA) is 71.4 Å². The molecule has 1 saturated heterocycles. The van der Waals surface area contributed by atoms with Gasteiger partial charge in [0.15, 0.2) is 0 Å². The normalized spacial score (nSPS) is 16.2. The lowest BCUT2D eigenvalue weighted by atomic mass is 10.1. The molecule has 32 heavy (non-hydrogen) atoms. The molecule has 2 heterocycles. The maximum atomic E-state index is 13.1. The van der Waals surface area contributed by atoms with E-state index >= 15 is 0 Å². The number of amides is 1. The Bertz CT molecular complexity index is 1200. The van der Waals surface area contributed by atoms with Crippen LogP contribution in [0.4, 0.5) is 4.39 Å². The van der Waals surface area contributed by atoms with Gasteiger partial charge in [-0.15, -0.1) is 0 Å². The third-order valence-corrected chi connectivity index (χ3v) is 7.94. The van der Waals surface area contributed by atoms with Crippen LogP contribution in [0.1, 0.15) is 44.2 Å². The van der Waals surface area contributed by atoms with Crippen LogP contribution >= 0.6 is 0 Å². The maximum absolute atomic E-state index is 13.1. The summed E-state index contributed by atoms with van der Waals surface area (Å²) in [6.45, 7) is 3.37. The fourth-order valence-electron chi connectivity index (χ4n) is 4.25. The molecule has 1 aliphatic rings. The highest BCUT2D eigenvalue weighted by molar-refractivity contribution is 7.89. The zero-order valence-corrected chi connectivity index (χ0v) is 18.9. The van der Waals surface area contributed by atoms with Crippen molar-refractivity contribution >= 4 is 26.8 Å². The zero-order valence-electron chi connectivity index (χ0n) is 18.1. The lowest BCUT2D eigenvalue weighted by molar-refractivity contribution is -0.124. The van der Waals surface area contributed by atoms with Gasteiger partial charge in [0.25, 0.3) is 0 Å². The predicted octanol–water partition coefficient (Wildman–Crippen LogP) is 4.22. The highest BCUT2D eigenvalue weighted by atomic mass is 32.2. The second-order valence-electron chi connectivity index (χ2n) is 8.18. The van der Waals surface area contributed by atoms with E-state index in [2.05, 4.69) is 5.32 Å². The highest BCUT2D eigenvalue weighted by Gasteiger charge is 2.27. The number of carbonyl (C=O) groups excluding carboxylic acids is 1. The Morgan fingerprint density at radius 3 is 2.47 bits per heavy atom. The standard InChI is InChI=1S/C24H28FN3O3S/c1-2-22(24(29)26-17-18-6-8-20(25)9-7-18)28-15-12-19-16-21(10-11-23(19)28)32(30,31)27-13-4-3-5-14-27/h6-12,15-16,22H,2-5,13-14,17H2,1H3,(H,26,29). The molecule has 1 aliphatic heterocycles. The first-order chi connectivity index (χ1) is 15.4. The molecule has 170 valence electrons. The quantitative estimate of drug-likeness (QED) is 0.577. The lowest BCUT2D eigenvalue weighted by Crippen LogP contribution is -2.35. The van der Waals surface area contributed by atoms with Crippen molar-refractivity contribution in [2.75, 3.05) is 13.1 Å². The minimum absolute atomic E-state index is 0.140. The van der Waals surface area contributed by atoms with Crippen LogP contribution in [-0.4, -0.2) is 36.3 Å². The molecular formula is C24H28FN3O3S. The Balaban J connectivity index is 1.54. The molecule has 1 aromatic heterocycles. The smallest absolute Gasteiger partial charge is 0.243 e. The van der Waals surface area contributed by atoms with Gasteiger partial charge in [0, 0.05) is 36.7 Å². The third kappa shape index (κ3) is 4.56. The van der Waals surface area contributed by atoms with Crippen molar-refractivity contribution in [2.24, 2.45) is 0 Å². The first-order valence-electron chi connectivity index (χ1n) is 11.0. The van der Waals surface area contributed by atoms with Gasteiger partial charge < -0.3 is 9.88 Å². The van der Waals surface area contributed by atoms with Gasteiger partial charge in [-0.05, 0) is 61.2 Å². The summed E-state index contributed by atoms with van der Waals surface area (Å²) in [5.41, 5.74) is 1.63. The Morgan fingerprint density at radius 2 is 1.78 bits per heavy atom. The first kappa shape index (κ1) is 22.5. The van der Waals surface area contributed by atoms with Crippen molar-refractivity contribution in [3.8, 4) is 0 Å². The zero-order chi connectivity index (χ0) is 22.7. The van der Waals surface area contributed by atoms with E-state index in [4.69, 9.17) is 0 Å². The molecule has 0 bridgehead atoms. The molecule has 8 heteroatoms. The van der Waals surface area contributed by atoms with Crippen LogP contribution < -0.4 is 5.32 Å². The number of piperidine rings is 1. The van der Waals surface area contributed by atoms with E-state index in [9.17, 15) is 17.6 Å². The van der Waals surface area contributed by atoms with Crippen LogP contribution in [0.15, 0.2) is 59.6 Å². The van der Waals surface area contributed by atoms with Crippen molar-refractivity contribution in [1.29, 1.82) is 0 Å². The monoisotopic (exact) mass is 457 g/mol. The summed E-state index contributed by atoms with van der Waals surface area (Å²) in [7, 11) is -3.51. The number of benzene rings is 2. The van der Waals surface area contributed by atoms with Crippen LogP contribution in [0, 0.1) is 5.82 Å². The Morgan fingerprint density at radius 1 is 1.06 bits per heavy atom. The average molecular weight is 458 g/mol. The van der Waals surface area contributed by atoms with Crippen molar-refractivity contribution < 1.29 is 17.6 Å². The van der Waals surface area contributed by atoms with E-state index in [-0.39, 0.29) is 11.7 Å². The van der Waals surface area contributed by atoms with E-state index in [1.54, 1.807) is 34.6 Å². The molecule has 2 aromatic carbocycles. The number of hydrogen-bond donors (Lipinski definition) is 1. The summed E-state index contributed by atoms with van der Waals surface area (Å²) in [5, 5.41) is 3.70. The molecule has 4 rings (SSSR count). The molecule has 0 radical (unpaired) electrons. The summed E-state index contributed by atoms with van der Waals surface area (Å²) in [6, 6.07) is 12.5. The van der Waals surface area contributed by atoms with Crippen LogP contribution in [0.25, 0.3) is 10.9 Å². The molecule has 3 aromatic rings. The fourth-order valence-corrected chi connectivity index (χ4v) is 5.80. The van der Waals surface area contributed by atoms with Gasteiger partial charge in [0.05, 0.1) is 4.90 Å². The maximum Gasteiger partial charge on any atom is 0.243 e. The van der Waals surface area contributed by atoms with E-state index in [1.807, 2.05) is 23.8 Å². The molecular weight excluding hydrogens is 429 g/mol. The van der Waals surface area contributed by atoms with Crippen LogP contribution in [0.2, 0.25) is 0 Å². The number of carbonyl (C=O) groups is 1. The van der Waals surface area contributed by atoms with E-state index in [1.165, 1.54) is 12.1 Å². The minimum Gasteiger partial charge on any atom is -0.350 e. The first-order valence-corrected chi connectivity index (χ1v) is 12.5. The average Bonchev–Trinajstić information content (AvgIpc) is 3.23. The Kier molecular flexibility index (Phi) is 6.62. The number of hydrogen-bond acceptors (Lipinski definition) is 3. The van der Waals surface area contributed by atoms with E-state index in [0.717, 1.165) is 35.7 Å². The fraction of sp³-hybridized carbons (Fsp3) is 0.375. The molecule has 1 unspecified atom stereocenters. The number of aromatic nitrogens is 1. The molecule has 0 spiro atoms. The number of halogens is 1. The molecule has 6 nitrogen and oxygen atoms in total. The van der Waals surface area contributed by atoms with Gasteiger partial charge in [-0.3, -0.25) is 4.79 Å². The number of sulfonamides is 1. The van der Waals surface area contributed by atoms with Gasteiger partial charge in [-0.1, -0.05) is 25.5 Å². The van der Waals surface area contributed by atoms with Crippen LogP contribution in [-0.2, 0) is 21.4 Å². The van der Waals surface area contributed by atoms with Crippen molar-refractivity contribution in [2.45, 2.75) is 50.1 Å². The lowest BCUT2D eigenvalue weighted by Gasteiger charge is -2.26. The highest BCUT2D eigenvalue weighted by Crippen LogP contribution is 2.27. The second kappa shape index (κ2) is 9.42. The third-order valence-electron chi connectivity index (χ3n) is 6.05. The van der Waals surface area contributed by atoms with Gasteiger partial charge in [-0.25, -0.2) is 12.8 Å². The Hall–Kier alpha value is -2.71. The molecule has 1 N–H and O–H groups in total. The largest absolute Gasteiger partial charge is 0.350 e. The summed E-state index contributed by atoms with van der Waals surface area (Å²) in [5.74, 6) is -0.452. The Labute approximate surface area is 188 Å². The minimum atomic E-state index is -3.51. The molecule has 1 atom stereocenters. The summed E-state index contributed by atoms with van der Waals surface area (Å²) >= 11 is 0. The molecule has 1 amide bonds. The number of nitrogens with one attached hydrogen (secondary N) is 1. The predicted molar refractivity (Wildman–Crippen MR) is 122 cm³/mol. The molecule has 1 fully saturated rings. The van der Waals surface area contributed by atoms with Crippen molar-refractivity contribution in [3.05, 3.63) is 66.1 Å². The number of fused-ring (bicyclic) bond motifs is 1. The molecule has 0 aliphatic carbocycles. The van der Waals surface area contributed by atoms with Crippen LogP contribution in [0.5, 0.6) is 0 Å². The van der Waals surface area contributed by atoms with Gasteiger partial charge >= 0.3 is 0 Å². The second-order valence-corrected chi connectivity index (χ2v) is 10.1. The number of nitrogens with zero attached hydrogens (tertiary/aromatic N) is 2. The van der Waals surface area contributed by atoms with E-state index < -0.39 is 16.1 Å². The van der Waals surface area contributed by atoms with E-state index in [0.29, 0.717) is 31.0 Å². The number of rotatable bonds is 7. The van der Waals surface area contributed by atoms with Gasteiger partial charge in [-0.2, -0.15) is 4.31 Å². The summed E-state index contributed by atoms with van der Waals surface area (Å²) in [6.07, 6.45) is 5.25. The van der Waals surface area contributed by atoms with Crippen LogP contribution in [0.3, 0.4) is 0 Å². The SMILES string of the molecule is CCC(C(=O)NCc1ccc(F)cc1)n1ccc2cc(S(=O)(=O)N3CCCCC3)ccc21. The van der Waals surface area contributed by atoms with Gasteiger partial charge in [0.2, 0.25) is 15.9 Å². The summed E-state index contributed by atoms with van der Waals surface area (Å²) < 4.78 is 42.5. The summed E-state index contributed by atoms with van der Waals surface area (Å²) in [4.78, 5) is 13.2. The van der Waals surface area contributed by atoms with Crippen molar-refractivity contribution in [3.63, 3.8) is 0 Å². The van der Waals surface area contributed by atoms with Crippen molar-refractivity contribution in [1.82, 2.24) is 14.2 Å². The van der Waals surface area contributed by atoms with Gasteiger partial charge in [0.1, 0.15) is 11.9 Å².